The highest BCUT2D eigenvalue weighted by atomic mass is 19.1. The van der Waals surface area contributed by atoms with Crippen LogP contribution in [0, 0.1) is 5.82 Å². The minimum atomic E-state index is -0.858. The zero-order chi connectivity index (χ0) is 23.6. The number of nitrogens with one attached hydrogen (secondary N) is 1. The molecule has 1 saturated heterocycles. The number of anilines is 1. The van der Waals surface area contributed by atoms with Gasteiger partial charge in [0.15, 0.2) is 0 Å². The molecule has 0 saturated carbocycles. The molecule has 0 aromatic heterocycles. The summed E-state index contributed by atoms with van der Waals surface area (Å²) in [5, 5.41) is 2.54. The van der Waals surface area contributed by atoms with Crippen LogP contribution in [-0.4, -0.2) is 47.9 Å². The summed E-state index contributed by atoms with van der Waals surface area (Å²) in [6, 6.07) is 1.82. The molecule has 1 N–H and O–H groups in total. The summed E-state index contributed by atoms with van der Waals surface area (Å²) in [5.41, 5.74) is -1.23. The lowest BCUT2D eigenvalue weighted by Crippen LogP contribution is -2.37. The Bertz CT molecular complexity index is 857. The summed E-state index contributed by atoms with van der Waals surface area (Å²) >= 11 is 0. The van der Waals surface area contributed by atoms with Crippen molar-refractivity contribution in [2.45, 2.75) is 71.6 Å². The van der Waals surface area contributed by atoms with Crippen LogP contribution in [0.4, 0.5) is 19.7 Å². The third-order valence-electron chi connectivity index (χ3n) is 4.42. The summed E-state index contributed by atoms with van der Waals surface area (Å²) in [6.07, 6.45) is -0.0715. The number of esters is 1. The van der Waals surface area contributed by atoms with Crippen molar-refractivity contribution in [1.29, 1.82) is 0 Å². The lowest BCUT2D eigenvalue weighted by molar-refractivity contribution is 0.0225. The quantitative estimate of drug-likeness (QED) is 0.525. The summed E-state index contributed by atoms with van der Waals surface area (Å²) in [7, 11) is 1.15. The SMILES string of the molecule is COC(=O)c1cc([C@@H]2CCCN2C(=O)OC(C)(C)C)c(NC(=O)OC(C)(C)C)cc1F. The number of nitrogens with zero attached hydrogens (tertiary/aromatic N) is 1. The number of likely N-dealkylation sites (tertiary alicyclic amines) is 1. The molecule has 9 heteroatoms. The summed E-state index contributed by atoms with van der Waals surface area (Å²) in [4.78, 5) is 38.6. The zero-order valence-corrected chi connectivity index (χ0v) is 19.1. The lowest BCUT2D eigenvalue weighted by atomic mass is 9.99. The van der Waals surface area contributed by atoms with Gasteiger partial charge < -0.3 is 19.1 Å². The normalized spacial score (nSPS) is 16.6. The van der Waals surface area contributed by atoms with Crippen molar-refractivity contribution < 1.29 is 33.0 Å². The van der Waals surface area contributed by atoms with Crippen molar-refractivity contribution in [3.63, 3.8) is 0 Å². The van der Waals surface area contributed by atoms with Crippen LogP contribution < -0.4 is 5.32 Å². The topological polar surface area (TPSA) is 94.2 Å². The molecule has 0 unspecified atom stereocenters. The Morgan fingerprint density at radius 3 is 2.23 bits per heavy atom. The molecular formula is C22H31FN2O6. The van der Waals surface area contributed by atoms with Crippen LogP contribution >= 0.6 is 0 Å². The number of hydrogen-bond donors (Lipinski definition) is 1. The maximum absolute atomic E-state index is 14.6. The van der Waals surface area contributed by atoms with Crippen LogP contribution in [0.25, 0.3) is 0 Å². The standard InChI is InChI=1S/C22H31FN2O6/c1-21(2,3)30-19(27)24-16-12-15(23)13(18(26)29-7)11-14(16)17-9-8-10-25(17)20(28)31-22(4,5)6/h11-12,17H,8-10H2,1-7H3,(H,24,27)/t17-/m0/s1. The minimum absolute atomic E-state index is 0.111. The van der Waals surface area contributed by atoms with Gasteiger partial charge in [0.05, 0.1) is 24.4 Å². The van der Waals surface area contributed by atoms with Gasteiger partial charge in [-0.25, -0.2) is 18.8 Å². The van der Waals surface area contributed by atoms with Gasteiger partial charge in [0.1, 0.15) is 17.0 Å². The fourth-order valence-corrected chi connectivity index (χ4v) is 3.28. The first-order valence-electron chi connectivity index (χ1n) is 10.1. The largest absolute Gasteiger partial charge is 0.465 e. The average molecular weight is 438 g/mol. The van der Waals surface area contributed by atoms with Crippen LogP contribution in [0.2, 0.25) is 0 Å². The number of halogens is 1. The van der Waals surface area contributed by atoms with Gasteiger partial charge in [0.25, 0.3) is 0 Å². The number of amides is 2. The molecule has 1 atom stereocenters. The highest BCUT2D eigenvalue weighted by Gasteiger charge is 2.36. The van der Waals surface area contributed by atoms with E-state index >= 15 is 0 Å². The van der Waals surface area contributed by atoms with Crippen LogP contribution in [-0.2, 0) is 14.2 Å². The smallest absolute Gasteiger partial charge is 0.412 e. The summed E-state index contributed by atoms with van der Waals surface area (Å²) < 4.78 is 30.0. The number of carbonyl (C=O) groups is 3. The van der Waals surface area contributed by atoms with E-state index in [0.29, 0.717) is 24.9 Å². The second kappa shape index (κ2) is 9.11. The van der Waals surface area contributed by atoms with E-state index < -0.39 is 41.2 Å². The van der Waals surface area contributed by atoms with Gasteiger partial charge in [-0.3, -0.25) is 5.32 Å². The Labute approximate surface area is 182 Å². The molecule has 0 aliphatic carbocycles. The van der Waals surface area contributed by atoms with Crippen molar-refractivity contribution in [3.8, 4) is 0 Å². The number of rotatable bonds is 3. The zero-order valence-electron chi connectivity index (χ0n) is 19.1. The molecule has 2 rings (SSSR count). The molecule has 1 aliphatic heterocycles. The molecule has 172 valence electrons. The molecule has 0 spiro atoms. The predicted molar refractivity (Wildman–Crippen MR) is 113 cm³/mol. The molecule has 0 radical (unpaired) electrons. The highest BCUT2D eigenvalue weighted by molar-refractivity contribution is 5.92. The van der Waals surface area contributed by atoms with Crippen molar-refractivity contribution in [2.75, 3.05) is 19.0 Å². The van der Waals surface area contributed by atoms with E-state index in [4.69, 9.17) is 9.47 Å². The number of ether oxygens (including phenoxy) is 3. The second-order valence-electron chi connectivity index (χ2n) is 9.37. The fourth-order valence-electron chi connectivity index (χ4n) is 3.28. The van der Waals surface area contributed by atoms with Gasteiger partial charge in [-0.1, -0.05) is 0 Å². The Kier molecular flexibility index (Phi) is 7.18. The maximum Gasteiger partial charge on any atom is 0.412 e. The molecule has 1 aromatic carbocycles. The van der Waals surface area contributed by atoms with Crippen molar-refractivity contribution >= 4 is 23.8 Å². The lowest BCUT2D eigenvalue weighted by Gasteiger charge is -2.30. The fraction of sp³-hybridized carbons (Fsp3) is 0.591. The molecule has 8 nitrogen and oxygen atoms in total. The molecule has 31 heavy (non-hydrogen) atoms. The molecule has 0 bridgehead atoms. The maximum atomic E-state index is 14.6. The summed E-state index contributed by atoms with van der Waals surface area (Å²) in [6.45, 7) is 10.8. The van der Waals surface area contributed by atoms with Gasteiger partial charge >= 0.3 is 18.2 Å². The highest BCUT2D eigenvalue weighted by Crippen LogP contribution is 2.38. The van der Waals surface area contributed by atoms with Crippen molar-refractivity contribution in [3.05, 3.63) is 29.1 Å². The third kappa shape index (κ3) is 6.57. The van der Waals surface area contributed by atoms with Gasteiger partial charge in [0.2, 0.25) is 0 Å². The van der Waals surface area contributed by atoms with Gasteiger partial charge in [-0.15, -0.1) is 0 Å². The van der Waals surface area contributed by atoms with E-state index in [-0.39, 0.29) is 11.3 Å². The van der Waals surface area contributed by atoms with E-state index in [2.05, 4.69) is 10.1 Å². The Morgan fingerprint density at radius 1 is 1.06 bits per heavy atom. The molecule has 1 heterocycles. The van der Waals surface area contributed by atoms with Crippen LogP contribution in [0.15, 0.2) is 12.1 Å². The third-order valence-corrected chi connectivity index (χ3v) is 4.42. The molecule has 1 aromatic rings. The van der Waals surface area contributed by atoms with Gasteiger partial charge in [-0.05, 0) is 72.1 Å². The van der Waals surface area contributed by atoms with E-state index in [9.17, 15) is 18.8 Å². The number of methoxy groups -OCH3 is 1. The monoisotopic (exact) mass is 438 g/mol. The average Bonchev–Trinajstić information content (AvgIpc) is 3.07. The first-order chi connectivity index (χ1) is 14.2. The Balaban J connectivity index is 2.47. The van der Waals surface area contributed by atoms with E-state index in [0.717, 1.165) is 13.2 Å². The first-order valence-corrected chi connectivity index (χ1v) is 10.1. The predicted octanol–water partition coefficient (Wildman–Crippen LogP) is 5.03. The van der Waals surface area contributed by atoms with Crippen LogP contribution in [0.3, 0.4) is 0 Å². The van der Waals surface area contributed by atoms with Gasteiger partial charge in [0, 0.05) is 6.54 Å². The molecule has 1 fully saturated rings. The number of benzene rings is 1. The van der Waals surface area contributed by atoms with E-state index in [1.54, 1.807) is 41.5 Å². The van der Waals surface area contributed by atoms with Crippen LogP contribution in [0.1, 0.15) is 76.3 Å². The Hall–Kier alpha value is -2.84. The summed E-state index contributed by atoms with van der Waals surface area (Å²) in [5.74, 6) is -1.71. The number of hydrogen-bond acceptors (Lipinski definition) is 6. The minimum Gasteiger partial charge on any atom is -0.465 e. The van der Waals surface area contributed by atoms with Crippen molar-refractivity contribution in [1.82, 2.24) is 4.90 Å². The number of carbonyl (C=O) groups excluding carboxylic acids is 3. The molecule has 2 amide bonds. The van der Waals surface area contributed by atoms with Crippen molar-refractivity contribution in [2.24, 2.45) is 0 Å². The molecular weight excluding hydrogens is 407 g/mol. The Morgan fingerprint density at radius 2 is 1.68 bits per heavy atom. The van der Waals surface area contributed by atoms with E-state index in [1.807, 2.05) is 0 Å². The van der Waals surface area contributed by atoms with Gasteiger partial charge in [-0.2, -0.15) is 0 Å². The molecule has 1 aliphatic rings. The second-order valence-corrected chi connectivity index (χ2v) is 9.37. The van der Waals surface area contributed by atoms with Crippen LogP contribution in [0.5, 0.6) is 0 Å². The first kappa shape index (κ1) is 24.4. The van der Waals surface area contributed by atoms with E-state index in [1.165, 1.54) is 11.0 Å².